The minimum absolute atomic E-state index is 0.0778. The van der Waals surface area contributed by atoms with Gasteiger partial charge in [0.15, 0.2) is 0 Å². The number of urea groups is 1. The van der Waals surface area contributed by atoms with E-state index in [-0.39, 0.29) is 18.6 Å². The second-order valence-electron chi connectivity index (χ2n) is 2.94. The van der Waals surface area contributed by atoms with Crippen LogP contribution in [0.4, 0.5) is 10.5 Å². The molecular weight excluding hydrogens is 216 g/mol. The molecule has 0 aliphatic carbocycles. The van der Waals surface area contributed by atoms with E-state index in [1.54, 1.807) is 12.1 Å². The van der Waals surface area contributed by atoms with E-state index >= 15 is 0 Å². The number of aliphatic hydroxyl groups excluding tert-OH is 1. The number of alkyl halides is 1. The van der Waals surface area contributed by atoms with Crippen LogP contribution >= 0.6 is 11.6 Å². The van der Waals surface area contributed by atoms with Crippen LogP contribution in [-0.4, -0.2) is 23.7 Å². The summed E-state index contributed by atoms with van der Waals surface area (Å²) in [7, 11) is 0. The summed E-state index contributed by atoms with van der Waals surface area (Å²) in [6.07, 6.45) is 0.619. The Labute approximate surface area is 93.2 Å². The Morgan fingerprint density at radius 2 is 2.00 bits per heavy atom. The average Bonchev–Trinajstić information content (AvgIpc) is 2.22. The van der Waals surface area contributed by atoms with Gasteiger partial charge < -0.3 is 15.7 Å². The summed E-state index contributed by atoms with van der Waals surface area (Å²) in [5.74, 6) is 0. The maximum Gasteiger partial charge on any atom is 0.320 e. The highest BCUT2D eigenvalue weighted by atomic mass is 35.5. The highest BCUT2D eigenvalue weighted by Crippen LogP contribution is 2.09. The summed E-state index contributed by atoms with van der Waals surface area (Å²) >= 11 is 5.33. The number of hydrogen-bond donors (Lipinski definition) is 3. The first-order valence-corrected chi connectivity index (χ1v) is 5.10. The number of aliphatic hydroxyl groups is 1. The molecule has 0 atom stereocenters. The highest BCUT2D eigenvalue weighted by molar-refractivity contribution is 6.18. The number of benzene rings is 1. The molecule has 1 aromatic carbocycles. The van der Waals surface area contributed by atoms with Gasteiger partial charge >= 0.3 is 6.03 Å². The van der Waals surface area contributed by atoms with Crippen LogP contribution in [0.25, 0.3) is 0 Å². The van der Waals surface area contributed by atoms with Crippen molar-refractivity contribution in [1.82, 2.24) is 5.32 Å². The lowest BCUT2D eigenvalue weighted by Gasteiger charge is -2.05. The zero-order valence-corrected chi connectivity index (χ0v) is 8.92. The van der Waals surface area contributed by atoms with Gasteiger partial charge in [-0.15, -0.1) is 11.6 Å². The molecule has 1 rings (SSSR count). The molecule has 0 saturated heterocycles. The van der Waals surface area contributed by atoms with Gasteiger partial charge in [0.05, 0.1) is 6.00 Å². The molecular formula is C10H13ClN2O2. The largest absolute Gasteiger partial charge is 0.396 e. The summed E-state index contributed by atoms with van der Waals surface area (Å²) in [6.45, 7) is 0.125. The van der Waals surface area contributed by atoms with Crippen LogP contribution in [-0.2, 0) is 6.42 Å². The van der Waals surface area contributed by atoms with Gasteiger partial charge in [0.1, 0.15) is 0 Å². The van der Waals surface area contributed by atoms with Crippen LogP contribution in [0.1, 0.15) is 5.56 Å². The molecule has 0 bridgehead atoms. The van der Waals surface area contributed by atoms with Crippen molar-refractivity contribution >= 4 is 23.3 Å². The van der Waals surface area contributed by atoms with Gasteiger partial charge in [0, 0.05) is 12.3 Å². The van der Waals surface area contributed by atoms with Gasteiger partial charge in [-0.25, -0.2) is 4.79 Å². The third-order valence-electron chi connectivity index (χ3n) is 1.84. The second-order valence-corrected chi connectivity index (χ2v) is 3.20. The molecule has 15 heavy (non-hydrogen) atoms. The average molecular weight is 229 g/mol. The van der Waals surface area contributed by atoms with Gasteiger partial charge in [-0.1, -0.05) is 12.1 Å². The first kappa shape index (κ1) is 11.8. The van der Waals surface area contributed by atoms with Gasteiger partial charge in [-0.3, -0.25) is 0 Å². The topological polar surface area (TPSA) is 61.4 Å². The van der Waals surface area contributed by atoms with Crippen molar-refractivity contribution in [2.24, 2.45) is 0 Å². The maximum absolute atomic E-state index is 11.1. The van der Waals surface area contributed by atoms with Gasteiger partial charge in [-0.05, 0) is 24.1 Å². The SMILES string of the molecule is O=C(NCCl)Nc1ccc(CCO)cc1. The van der Waals surface area contributed by atoms with Crippen molar-refractivity contribution in [2.45, 2.75) is 6.42 Å². The zero-order chi connectivity index (χ0) is 11.1. The van der Waals surface area contributed by atoms with Crippen molar-refractivity contribution in [3.05, 3.63) is 29.8 Å². The van der Waals surface area contributed by atoms with Crippen molar-refractivity contribution < 1.29 is 9.90 Å². The molecule has 0 fully saturated rings. The summed E-state index contributed by atoms with van der Waals surface area (Å²) in [5, 5.41) is 13.7. The molecule has 0 aliphatic rings. The third-order valence-corrected chi connectivity index (χ3v) is 1.97. The number of nitrogens with one attached hydrogen (secondary N) is 2. The fourth-order valence-electron chi connectivity index (χ4n) is 1.12. The predicted octanol–water partition coefficient (Wildman–Crippen LogP) is 1.54. The van der Waals surface area contributed by atoms with Crippen molar-refractivity contribution in [1.29, 1.82) is 0 Å². The fraction of sp³-hybridized carbons (Fsp3) is 0.300. The molecule has 0 aliphatic heterocycles. The van der Waals surface area contributed by atoms with Crippen molar-refractivity contribution in [3.63, 3.8) is 0 Å². The molecule has 0 aromatic heterocycles. The van der Waals surface area contributed by atoms with Crippen LogP contribution in [0.3, 0.4) is 0 Å². The normalized spacial score (nSPS) is 9.73. The van der Waals surface area contributed by atoms with Crippen molar-refractivity contribution in [2.75, 3.05) is 17.9 Å². The Morgan fingerprint density at radius 1 is 1.33 bits per heavy atom. The second kappa shape index (κ2) is 6.27. The van der Waals surface area contributed by atoms with Crippen LogP contribution in [0.15, 0.2) is 24.3 Å². The standard InChI is InChI=1S/C10H13ClN2O2/c11-7-12-10(15)13-9-3-1-8(2-4-9)5-6-14/h1-4,14H,5-7H2,(H2,12,13,15). The van der Waals surface area contributed by atoms with Crippen molar-refractivity contribution in [3.8, 4) is 0 Å². The number of hydrogen-bond acceptors (Lipinski definition) is 2. The fourth-order valence-corrected chi connectivity index (χ4v) is 1.24. The summed E-state index contributed by atoms with van der Waals surface area (Å²) in [6, 6.07) is 7.00. The van der Waals surface area contributed by atoms with Crippen LogP contribution in [0, 0.1) is 0 Å². The lowest BCUT2D eigenvalue weighted by molar-refractivity contribution is 0.253. The minimum atomic E-state index is -0.333. The molecule has 0 spiro atoms. The highest BCUT2D eigenvalue weighted by Gasteiger charge is 1.99. The smallest absolute Gasteiger partial charge is 0.320 e. The molecule has 3 N–H and O–H groups in total. The Kier molecular flexibility index (Phi) is 4.93. The van der Waals surface area contributed by atoms with E-state index in [0.29, 0.717) is 12.1 Å². The number of carbonyl (C=O) groups excluding carboxylic acids is 1. The van der Waals surface area contributed by atoms with E-state index in [9.17, 15) is 4.79 Å². The van der Waals surface area contributed by atoms with Gasteiger partial charge in [0.25, 0.3) is 0 Å². The zero-order valence-electron chi connectivity index (χ0n) is 8.16. The molecule has 0 unspecified atom stereocenters. The summed E-state index contributed by atoms with van der Waals surface area (Å²) in [5.41, 5.74) is 1.72. The Hall–Kier alpha value is -1.26. The quantitative estimate of drug-likeness (QED) is 0.541. The molecule has 2 amide bonds. The number of amides is 2. The Morgan fingerprint density at radius 3 is 2.53 bits per heavy atom. The van der Waals surface area contributed by atoms with E-state index in [0.717, 1.165) is 5.56 Å². The predicted molar refractivity (Wildman–Crippen MR) is 60.1 cm³/mol. The number of halogens is 1. The molecule has 0 saturated carbocycles. The van der Waals surface area contributed by atoms with Gasteiger partial charge in [0.2, 0.25) is 0 Å². The third kappa shape index (κ3) is 4.18. The first-order valence-electron chi connectivity index (χ1n) is 4.57. The first-order chi connectivity index (χ1) is 7.26. The number of carbonyl (C=O) groups is 1. The summed E-state index contributed by atoms with van der Waals surface area (Å²) in [4.78, 5) is 11.1. The van der Waals surface area contributed by atoms with E-state index in [4.69, 9.17) is 16.7 Å². The maximum atomic E-state index is 11.1. The number of anilines is 1. The Bertz CT molecular complexity index is 314. The molecule has 5 heteroatoms. The van der Waals surface area contributed by atoms with E-state index < -0.39 is 0 Å². The molecule has 0 radical (unpaired) electrons. The lowest BCUT2D eigenvalue weighted by Crippen LogP contribution is -2.27. The molecule has 82 valence electrons. The molecule has 0 heterocycles. The van der Waals surface area contributed by atoms with Crippen LogP contribution in [0.5, 0.6) is 0 Å². The summed E-state index contributed by atoms with van der Waals surface area (Å²) < 4.78 is 0. The monoisotopic (exact) mass is 228 g/mol. The van der Waals surface area contributed by atoms with Crippen LogP contribution in [0.2, 0.25) is 0 Å². The van der Waals surface area contributed by atoms with Crippen LogP contribution < -0.4 is 10.6 Å². The van der Waals surface area contributed by atoms with Gasteiger partial charge in [-0.2, -0.15) is 0 Å². The molecule has 4 nitrogen and oxygen atoms in total. The van der Waals surface area contributed by atoms with E-state index in [1.165, 1.54) is 0 Å². The number of rotatable bonds is 4. The molecule has 1 aromatic rings. The minimum Gasteiger partial charge on any atom is -0.396 e. The van der Waals surface area contributed by atoms with E-state index in [1.807, 2.05) is 12.1 Å². The Balaban J connectivity index is 2.52. The van der Waals surface area contributed by atoms with E-state index in [2.05, 4.69) is 10.6 Å². The lowest BCUT2D eigenvalue weighted by atomic mass is 10.1.